The third kappa shape index (κ3) is 7.77. The van der Waals surface area contributed by atoms with Crippen molar-refractivity contribution in [3.8, 4) is 11.4 Å². The Morgan fingerprint density at radius 2 is 1.93 bits per heavy atom. The number of hydrogen-bond acceptors (Lipinski definition) is 6. The zero-order valence-electron chi connectivity index (χ0n) is 14.3. The Kier molecular flexibility index (Phi) is 8.27. The van der Waals surface area contributed by atoms with E-state index in [1.807, 2.05) is 0 Å². The van der Waals surface area contributed by atoms with Crippen molar-refractivity contribution in [1.82, 2.24) is 15.1 Å². The van der Waals surface area contributed by atoms with Crippen LogP contribution < -0.4 is 4.68 Å². The highest BCUT2D eigenvalue weighted by molar-refractivity contribution is 5.66. The number of carboxylic acids is 1. The molecule has 0 spiro atoms. The van der Waals surface area contributed by atoms with Gasteiger partial charge in [0.05, 0.1) is 13.7 Å². The SMILES string of the molecule is C=C(OC)C(F)(F)F.O=C(O)CC[n+]1ccc(-c2ncc(CO)cn2)cn1. The fourth-order valence-corrected chi connectivity index (χ4v) is 1.56. The molecule has 2 aromatic rings. The molecule has 0 saturated carbocycles. The van der Waals surface area contributed by atoms with E-state index in [2.05, 4.69) is 26.4 Å². The lowest BCUT2D eigenvalue weighted by molar-refractivity contribution is -0.752. The standard InChI is InChI=1S/C12H12N4O3.C4H5F3O/c17-8-9-5-13-12(14-6-9)10-1-3-16(15-7-10)4-2-11(18)19;1-3(8-2)4(5,6)7/h1,3,5-7,17H,2,4,8H2;1H2,2H3/p+1. The van der Waals surface area contributed by atoms with Crippen molar-refractivity contribution in [1.29, 1.82) is 0 Å². The van der Waals surface area contributed by atoms with Crippen LogP contribution in [-0.2, 0) is 22.7 Å². The molecule has 8 nitrogen and oxygen atoms in total. The third-order valence-corrected chi connectivity index (χ3v) is 3.03. The van der Waals surface area contributed by atoms with Crippen molar-refractivity contribution in [2.45, 2.75) is 25.7 Å². The Morgan fingerprint density at radius 3 is 2.30 bits per heavy atom. The van der Waals surface area contributed by atoms with E-state index in [1.54, 1.807) is 35.5 Å². The number of aromatic nitrogens is 4. The molecule has 146 valence electrons. The number of allylic oxidation sites excluding steroid dienone is 1. The number of alkyl halides is 3. The predicted molar refractivity (Wildman–Crippen MR) is 85.8 cm³/mol. The van der Waals surface area contributed by atoms with Crippen molar-refractivity contribution in [3.63, 3.8) is 0 Å². The van der Waals surface area contributed by atoms with Crippen LogP contribution in [0.1, 0.15) is 12.0 Å². The van der Waals surface area contributed by atoms with Gasteiger partial charge in [-0.05, 0) is 5.10 Å². The fourth-order valence-electron chi connectivity index (χ4n) is 1.56. The van der Waals surface area contributed by atoms with Crippen LogP contribution >= 0.6 is 0 Å². The summed E-state index contributed by atoms with van der Waals surface area (Å²) >= 11 is 0. The zero-order valence-corrected chi connectivity index (χ0v) is 14.3. The summed E-state index contributed by atoms with van der Waals surface area (Å²) in [4.78, 5) is 18.7. The lowest BCUT2D eigenvalue weighted by Gasteiger charge is -2.06. The highest BCUT2D eigenvalue weighted by Crippen LogP contribution is 2.23. The Hall–Kier alpha value is -3.08. The number of halogens is 3. The molecule has 0 unspecified atom stereocenters. The molecule has 0 aliphatic carbocycles. The van der Waals surface area contributed by atoms with Crippen molar-refractivity contribution >= 4 is 5.97 Å². The summed E-state index contributed by atoms with van der Waals surface area (Å²) < 4.78 is 39.0. The van der Waals surface area contributed by atoms with E-state index in [0.29, 0.717) is 17.9 Å². The average molecular weight is 387 g/mol. The minimum atomic E-state index is -4.41. The second-order valence-electron chi connectivity index (χ2n) is 5.02. The molecule has 2 rings (SSSR count). The number of rotatable bonds is 6. The van der Waals surface area contributed by atoms with E-state index in [-0.39, 0.29) is 13.0 Å². The first-order valence-corrected chi connectivity index (χ1v) is 7.47. The van der Waals surface area contributed by atoms with Crippen LogP contribution in [0.2, 0.25) is 0 Å². The molecule has 11 heteroatoms. The van der Waals surface area contributed by atoms with Crippen LogP contribution in [0.3, 0.4) is 0 Å². The number of aliphatic hydroxyl groups is 1. The Balaban J connectivity index is 0.000000387. The largest absolute Gasteiger partial charge is 0.493 e. The summed E-state index contributed by atoms with van der Waals surface area (Å²) in [7, 11) is 0.926. The minimum Gasteiger partial charge on any atom is -0.493 e. The number of methoxy groups -OCH3 is 1. The summed E-state index contributed by atoms with van der Waals surface area (Å²) in [5.41, 5.74) is 1.38. The van der Waals surface area contributed by atoms with E-state index in [4.69, 9.17) is 10.2 Å². The van der Waals surface area contributed by atoms with Crippen LogP contribution in [0, 0.1) is 0 Å². The van der Waals surface area contributed by atoms with Crippen molar-refractivity contribution in [3.05, 3.63) is 48.8 Å². The van der Waals surface area contributed by atoms with Gasteiger partial charge in [0, 0.05) is 29.6 Å². The highest BCUT2D eigenvalue weighted by atomic mass is 19.4. The Labute approximate surface area is 152 Å². The predicted octanol–water partition coefficient (Wildman–Crippen LogP) is 1.50. The molecule has 0 aliphatic heterocycles. The van der Waals surface area contributed by atoms with Gasteiger partial charge in [-0.15, -0.1) is 0 Å². The van der Waals surface area contributed by atoms with Crippen LogP contribution in [0.4, 0.5) is 13.2 Å². The molecule has 0 aromatic carbocycles. The molecule has 0 amide bonds. The summed E-state index contributed by atoms with van der Waals surface area (Å²) in [6, 6.07) is 1.77. The minimum absolute atomic E-state index is 0.0265. The second kappa shape index (κ2) is 10.2. The summed E-state index contributed by atoms with van der Waals surface area (Å²) in [6.07, 6.45) is 1.98. The van der Waals surface area contributed by atoms with Gasteiger partial charge < -0.3 is 14.9 Å². The van der Waals surface area contributed by atoms with Gasteiger partial charge >= 0.3 is 12.1 Å². The summed E-state index contributed by atoms with van der Waals surface area (Å²) in [6.45, 7) is 2.82. The molecule has 2 N–H and O–H groups in total. The van der Waals surface area contributed by atoms with Crippen LogP contribution in [0.5, 0.6) is 0 Å². The molecule has 2 aromatic heterocycles. The van der Waals surface area contributed by atoms with Crippen LogP contribution in [0.15, 0.2) is 43.2 Å². The normalized spacial score (nSPS) is 10.6. The first-order chi connectivity index (χ1) is 12.7. The topological polar surface area (TPSA) is 109 Å². The van der Waals surface area contributed by atoms with E-state index < -0.39 is 17.9 Å². The molecule has 0 aliphatic rings. The molecule has 0 radical (unpaired) electrons. The maximum atomic E-state index is 11.2. The van der Waals surface area contributed by atoms with E-state index in [9.17, 15) is 18.0 Å². The smallest absolute Gasteiger partial charge is 0.448 e. The van der Waals surface area contributed by atoms with Crippen molar-refractivity contribution in [2.24, 2.45) is 0 Å². The van der Waals surface area contributed by atoms with E-state index in [1.165, 1.54) is 0 Å². The maximum Gasteiger partial charge on any atom is 0.448 e. The van der Waals surface area contributed by atoms with Crippen LogP contribution in [0.25, 0.3) is 11.4 Å². The molecular formula is C16H18F3N4O4+. The quantitative estimate of drug-likeness (QED) is 0.571. The third-order valence-electron chi connectivity index (χ3n) is 3.03. The van der Waals surface area contributed by atoms with Gasteiger partial charge in [-0.2, -0.15) is 13.2 Å². The number of aryl methyl sites for hydroxylation is 1. The van der Waals surface area contributed by atoms with Gasteiger partial charge in [-0.25, -0.2) is 9.97 Å². The summed E-state index contributed by atoms with van der Waals surface area (Å²) in [5, 5.41) is 21.6. The first-order valence-electron chi connectivity index (χ1n) is 7.47. The lowest BCUT2D eigenvalue weighted by Crippen LogP contribution is -2.38. The van der Waals surface area contributed by atoms with Crippen molar-refractivity contribution < 1.29 is 37.6 Å². The van der Waals surface area contributed by atoms with Gasteiger partial charge in [-0.1, -0.05) is 11.3 Å². The van der Waals surface area contributed by atoms with E-state index >= 15 is 0 Å². The fraction of sp³-hybridized carbons (Fsp3) is 0.312. The molecule has 0 saturated heterocycles. The molecule has 0 fully saturated rings. The lowest BCUT2D eigenvalue weighted by atomic mass is 10.3. The first kappa shape index (κ1) is 22.0. The molecule has 0 atom stereocenters. The van der Waals surface area contributed by atoms with Gasteiger partial charge in [0.2, 0.25) is 0 Å². The molecule has 0 bridgehead atoms. The Morgan fingerprint density at radius 1 is 1.30 bits per heavy atom. The number of nitrogens with zero attached hydrogens (tertiary/aromatic N) is 4. The van der Waals surface area contributed by atoms with Gasteiger partial charge in [0.15, 0.2) is 24.3 Å². The van der Waals surface area contributed by atoms with E-state index in [0.717, 1.165) is 12.7 Å². The Bertz CT molecular complexity index is 750. The molecule has 27 heavy (non-hydrogen) atoms. The number of ether oxygens (including phenoxy) is 1. The average Bonchev–Trinajstić information content (AvgIpc) is 2.66. The monoisotopic (exact) mass is 387 g/mol. The number of carbonyl (C=O) groups is 1. The van der Waals surface area contributed by atoms with Gasteiger partial charge in [0.25, 0.3) is 0 Å². The second-order valence-corrected chi connectivity index (χ2v) is 5.02. The maximum absolute atomic E-state index is 11.2. The zero-order chi connectivity index (χ0) is 20.4. The number of aliphatic hydroxyl groups excluding tert-OH is 1. The van der Waals surface area contributed by atoms with Crippen LogP contribution in [-0.4, -0.2) is 44.5 Å². The molecule has 2 heterocycles. The van der Waals surface area contributed by atoms with Gasteiger partial charge in [0.1, 0.15) is 12.6 Å². The highest BCUT2D eigenvalue weighted by Gasteiger charge is 2.33. The molecular weight excluding hydrogens is 369 g/mol. The number of hydrogen-bond donors (Lipinski definition) is 2. The summed E-state index contributed by atoms with van der Waals surface area (Å²) in [5.74, 6) is -1.52. The van der Waals surface area contributed by atoms with Gasteiger partial charge in [-0.3, -0.25) is 4.79 Å². The number of carboxylic acid groups (broad SMARTS) is 1. The van der Waals surface area contributed by atoms with Crippen molar-refractivity contribution in [2.75, 3.05) is 7.11 Å². The number of aliphatic carboxylic acids is 1.